The van der Waals surface area contributed by atoms with E-state index in [0.29, 0.717) is 11.4 Å². The van der Waals surface area contributed by atoms with Gasteiger partial charge in [0.05, 0.1) is 28.7 Å². The molecule has 4 rings (SSSR count). The molecule has 0 fully saturated rings. The van der Waals surface area contributed by atoms with E-state index in [2.05, 4.69) is 33.2 Å². The Labute approximate surface area is 157 Å². The normalized spacial score (nSPS) is 10.4. The highest BCUT2D eigenvalue weighted by atomic mass is 14.9. The Morgan fingerprint density at radius 1 is 0.704 bits per heavy atom. The fourth-order valence-electron chi connectivity index (χ4n) is 2.92. The van der Waals surface area contributed by atoms with Crippen molar-refractivity contribution in [2.75, 3.05) is 0 Å². The van der Waals surface area contributed by atoms with Gasteiger partial charge in [0.2, 0.25) is 0 Å². The van der Waals surface area contributed by atoms with Crippen molar-refractivity contribution in [3.8, 4) is 39.8 Å². The molecule has 2 heterocycles. The van der Waals surface area contributed by atoms with Gasteiger partial charge in [-0.2, -0.15) is 5.26 Å². The Kier molecular flexibility index (Phi) is 4.42. The molecular formula is C23H16N4. The van der Waals surface area contributed by atoms with E-state index in [4.69, 9.17) is 5.26 Å². The maximum absolute atomic E-state index is 8.96. The van der Waals surface area contributed by atoms with Crippen LogP contribution in [0.25, 0.3) is 33.8 Å². The largest absolute Gasteiger partial charge is 0.256 e. The molecule has 4 nitrogen and oxygen atoms in total. The Hall–Kier alpha value is -3.84. The van der Waals surface area contributed by atoms with E-state index < -0.39 is 0 Å². The van der Waals surface area contributed by atoms with Crippen LogP contribution in [0, 0.1) is 18.3 Å². The number of aromatic nitrogens is 3. The Balaban J connectivity index is 1.69. The summed E-state index contributed by atoms with van der Waals surface area (Å²) in [5.41, 5.74) is 6.35. The van der Waals surface area contributed by atoms with E-state index in [9.17, 15) is 0 Å². The van der Waals surface area contributed by atoms with Gasteiger partial charge in [-0.15, -0.1) is 0 Å². The Morgan fingerprint density at radius 3 is 1.78 bits per heavy atom. The van der Waals surface area contributed by atoms with Crippen molar-refractivity contribution < 1.29 is 0 Å². The molecule has 0 unspecified atom stereocenters. The zero-order valence-corrected chi connectivity index (χ0v) is 14.8. The van der Waals surface area contributed by atoms with Crippen molar-refractivity contribution >= 4 is 0 Å². The fourth-order valence-corrected chi connectivity index (χ4v) is 2.92. The lowest BCUT2D eigenvalue weighted by Gasteiger charge is -2.08. The lowest BCUT2D eigenvalue weighted by atomic mass is 10.0. The number of hydrogen-bond acceptors (Lipinski definition) is 4. The molecule has 0 aliphatic carbocycles. The quantitative estimate of drug-likeness (QED) is 0.519. The molecule has 0 saturated heterocycles. The molecule has 0 aliphatic heterocycles. The Bertz CT molecular complexity index is 1110. The molecule has 0 bridgehead atoms. The number of benzene rings is 2. The maximum atomic E-state index is 8.96. The maximum Gasteiger partial charge on any atom is 0.126 e. The summed E-state index contributed by atoms with van der Waals surface area (Å²) < 4.78 is 0. The van der Waals surface area contributed by atoms with Gasteiger partial charge in [-0.3, -0.25) is 4.98 Å². The molecule has 128 valence electrons. The molecule has 27 heavy (non-hydrogen) atoms. The van der Waals surface area contributed by atoms with Crippen LogP contribution in [0.4, 0.5) is 0 Å². The molecule has 2 aromatic heterocycles. The lowest BCUT2D eigenvalue weighted by molar-refractivity contribution is 1.06. The number of aryl methyl sites for hydroxylation is 1. The summed E-state index contributed by atoms with van der Waals surface area (Å²) in [6.45, 7) is 1.89. The molecule has 0 radical (unpaired) electrons. The van der Waals surface area contributed by atoms with Crippen molar-refractivity contribution in [1.29, 1.82) is 5.26 Å². The summed E-state index contributed by atoms with van der Waals surface area (Å²) in [6, 6.07) is 25.6. The van der Waals surface area contributed by atoms with Gasteiger partial charge in [0, 0.05) is 22.9 Å². The summed E-state index contributed by atoms with van der Waals surface area (Å²) in [5.74, 6) is 0.709. The van der Waals surface area contributed by atoms with E-state index in [1.165, 1.54) is 0 Å². The molecule has 0 N–H and O–H groups in total. The minimum Gasteiger partial charge on any atom is -0.256 e. The first-order valence-electron chi connectivity index (χ1n) is 8.61. The van der Waals surface area contributed by atoms with Crippen LogP contribution in [0.5, 0.6) is 0 Å². The topological polar surface area (TPSA) is 62.5 Å². The van der Waals surface area contributed by atoms with Gasteiger partial charge in [0.15, 0.2) is 0 Å². The molecule has 4 aromatic rings. The molecule has 2 aromatic carbocycles. The van der Waals surface area contributed by atoms with Crippen LogP contribution in [-0.4, -0.2) is 15.0 Å². The summed E-state index contributed by atoms with van der Waals surface area (Å²) in [4.78, 5) is 13.5. The van der Waals surface area contributed by atoms with Gasteiger partial charge in [0.1, 0.15) is 5.82 Å². The fraction of sp³-hybridized carbons (Fsp3) is 0.0435. The molecule has 0 amide bonds. The average Bonchev–Trinajstić information content (AvgIpc) is 2.74. The second kappa shape index (κ2) is 7.19. The number of rotatable bonds is 3. The molecule has 0 saturated carbocycles. The van der Waals surface area contributed by atoms with Crippen molar-refractivity contribution in [3.63, 3.8) is 0 Å². The molecule has 0 spiro atoms. The summed E-state index contributed by atoms with van der Waals surface area (Å²) in [6.07, 6.45) is 1.79. The van der Waals surface area contributed by atoms with Gasteiger partial charge in [0.25, 0.3) is 0 Å². The first-order chi connectivity index (χ1) is 13.2. The first-order valence-corrected chi connectivity index (χ1v) is 8.61. The first kappa shape index (κ1) is 16.6. The van der Waals surface area contributed by atoms with E-state index in [-0.39, 0.29) is 0 Å². The van der Waals surface area contributed by atoms with Crippen LogP contribution in [0.15, 0.2) is 79.0 Å². The SMILES string of the molecule is Cc1nc(-c2ccc(C#N)cc2)cc(-c2ccc(-c3ccccn3)cc2)n1. The third-order valence-electron chi connectivity index (χ3n) is 4.29. The minimum atomic E-state index is 0.634. The highest BCUT2D eigenvalue weighted by molar-refractivity contribution is 5.70. The number of nitriles is 1. The van der Waals surface area contributed by atoms with Crippen molar-refractivity contribution in [2.45, 2.75) is 6.92 Å². The van der Waals surface area contributed by atoms with Crippen molar-refractivity contribution in [2.24, 2.45) is 0 Å². The van der Waals surface area contributed by atoms with Crippen LogP contribution in [0.1, 0.15) is 11.4 Å². The summed E-state index contributed by atoms with van der Waals surface area (Å²) in [5, 5.41) is 8.96. The predicted octanol–water partition coefficient (Wildman–Crippen LogP) is 5.05. The zero-order chi connectivity index (χ0) is 18.6. The average molecular weight is 348 g/mol. The van der Waals surface area contributed by atoms with Gasteiger partial charge in [-0.05, 0) is 37.3 Å². The summed E-state index contributed by atoms with van der Waals surface area (Å²) >= 11 is 0. The van der Waals surface area contributed by atoms with Crippen LogP contribution in [-0.2, 0) is 0 Å². The van der Waals surface area contributed by atoms with Gasteiger partial charge in [-0.1, -0.05) is 42.5 Å². The van der Waals surface area contributed by atoms with Gasteiger partial charge >= 0.3 is 0 Å². The van der Waals surface area contributed by atoms with Gasteiger partial charge < -0.3 is 0 Å². The van der Waals surface area contributed by atoms with E-state index in [0.717, 1.165) is 33.8 Å². The van der Waals surface area contributed by atoms with E-state index in [1.807, 2.05) is 55.5 Å². The highest BCUT2D eigenvalue weighted by Crippen LogP contribution is 2.26. The van der Waals surface area contributed by atoms with E-state index in [1.54, 1.807) is 18.3 Å². The third-order valence-corrected chi connectivity index (χ3v) is 4.29. The zero-order valence-electron chi connectivity index (χ0n) is 14.8. The smallest absolute Gasteiger partial charge is 0.126 e. The van der Waals surface area contributed by atoms with Crippen LogP contribution in [0.2, 0.25) is 0 Å². The summed E-state index contributed by atoms with van der Waals surface area (Å²) in [7, 11) is 0. The molecule has 0 aliphatic rings. The second-order valence-corrected chi connectivity index (χ2v) is 6.17. The Morgan fingerprint density at radius 2 is 1.26 bits per heavy atom. The number of nitrogens with zero attached hydrogens (tertiary/aromatic N) is 4. The predicted molar refractivity (Wildman–Crippen MR) is 106 cm³/mol. The number of hydrogen-bond donors (Lipinski definition) is 0. The molecular weight excluding hydrogens is 332 g/mol. The van der Waals surface area contributed by atoms with Crippen LogP contribution >= 0.6 is 0 Å². The minimum absolute atomic E-state index is 0.634. The monoisotopic (exact) mass is 348 g/mol. The van der Waals surface area contributed by atoms with Crippen LogP contribution in [0.3, 0.4) is 0 Å². The molecule has 4 heteroatoms. The highest BCUT2D eigenvalue weighted by Gasteiger charge is 2.08. The van der Waals surface area contributed by atoms with E-state index >= 15 is 0 Å². The number of pyridine rings is 1. The lowest BCUT2D eigenvalue weighted by Crippen LogP contribution is -1.95. The standard InChI is InChI=1S/C23H16N4/c1-16-26-22(19-7-5-17(15-24)6-8-19)14-23(27-16)20-11-9-18(10-12-20)21-4-2-3-13-25-21/h2-14H,1H3. The molecule has 0 atom stereocenters. The van der Waals surface area contributed by atoms with Gasteiger partial charge in [-0.25, -0.2) is 9.97 Å². The van der Waals surface area contributed by atoms with Crippen molar-refractivity contribution in [3.05, 3.63) is 90.4 Å². The third kappa shape index (κ3) is 3.58. The second-order valence-electron chi connectivity index (χ2n) is 6.17. The van der Waals surface area contributed by atoms with Crippen molar-refractivity contribution in [1.82, 2.24) is 15.0 Å². The van der Waals surface area contributed by atoms with Crippen LogP contribution < -0.4 is 0 Å².